The number of nitrogens with one attached hydrogen (secondary N) is 1. The van der Waals surface area contributed by atoms with E-state index in [2.05, 4.69) is 33.3 Å². The number of H-pyrrole nitrogens is 1. The van der Waals surface area contributed by atoms with Crippen LogP contribution in [-0.2, 0) is 13.5 Å². The molecule has 4 aromatic heterocycles. The number of hydrogen-bond donors (Lipinski definition) is 1. The van der Waals surface area contributed by atoms with Gasteiger partial charge in [-0.05, 0) is 24.6 Å². The first-order valence-corrected chi connectivity index (χ1v) is 7.54. The van der Waals surface area contributed by atoms with Crippen LogP contribution in [0.3, 0.4) is 0 Å². The summed E-state index contributed by atoms with van der Waals surface area (Å²) in [6.07, 6.45) is 6.43. The Bertz CT molecular complexity index is 967. The van der Waals surface area contributed by atoms with E-state index in [0.29, 0.717) is 5.65 Å². The summed E-state index contributed by atoms with van der Waals surface area (Å²) < 4.78 is 1.77. The molecule has 4 aromatic rings. The number of aromatic nitrogens is 6. The molecule has 6 nitrogen and oxygen atoms in total. The summed E-state index contributed by atoms with van der Waals surface area (Å²) >= 11 is 0. The molecule has 4 rings (SSSR count). The summed E-state index contributed by atoms with van der Waals surface area (Å²) in [7, 11) is 1.89. The molecule has 0 radical (unpaired) electrons. The second kappa shape index (κ2) is 5.31. The van der Waals surface area contributed by atoms with Crippen molar-refractivity contribution in [3.8, 4) is 22.5 Å². The van der Waals surface area contributed by atoms with Crippen LogP contribution in [-0.4, -0.2) is 29.9 Å². The number of aryl methyl sites for hydroxylation is 2. The molecule has 0 fully saturated rings. The Kier molecular flexibility index (Phi) is 3.15. The zero-order valence-electron chi connectivity index (χ0n) is 13.0. The second-order valence-electron chi connectivity index (χ2n) is 5.43. The van der Waals surface area contributed by atoms with E-state index in [1.807, 2.05) is 37.6 Å². The minimum absolute atomic E-state index is 0.712. The average Bonchev–Trinajstić information content (AvgIpc) is 3.20. The first-order valence-electron chi connectivity index (χ1n) is 7.54. The third-order valence-electron chi connectivity index (χ3n) is 3.89. The van der Waals surface area contributed by atoms with Gasteiger partial charge in [0.15, 0.2) is 5.65 Å². The maximum Gasteiger partial charge on any atom is 0.182 e. The van der Waals surface area contributed by atoms with Gasteiger partial charge < -0.3 is 0 Å². The van der Waals surface area contributed by atoms with Crippen molar-refractivity contribution in [2.45, 2.75) is 13.3 Å². The van der Waals surface area contributed by atoms with Crippen molar-refractivity contribution >= 4 is 11.0 Å². The smallest absolute Gasteiger partial charge is 0.182 e. The lowest BCUT2D eigenvalue weighted by molar-refractivity contribution is 0.768. The summed E-state index contributed by atoms with van der Waals surface area (Å²) in [6.45, 7) is 2.10. The van der Waals surface area contributed by atoms with Crippen molar-refractivity contribution in [2.75, 3.05) is 0 Å². The highest BCUT2D eigenvalue weighted by atomic mass is 15.2. The fourth-order valence-corrected chi connectivity index (χ4v) is 2.77. The molecular formula is C17H16N6. The highest BCUT2D eigenvalue weighted by Gasteiger charge is 2.16. The topological polar surface area (TPSA) is 72.3 Å². The highest BCUT2D eigenvalue weighted by molar-refractivity contribution is 5.95. The molecule has 0 unspecified atom stereocenters. The van der Waals surface area contributed by atoms with Crippen molar-refractivity contribution in [3.05, 3.63) is 48.5 Å². The minimum Gasteiger partial charge on any atom is -0.280 e. The largest absolute Gasteiger partial charge is 0.280 e. The van der Waals surface area contributed by atoms with Crippen molar-refractivity contribution in [3.63, 3.8) is 0 Å². The first-order chi connectivity index (χ1) is 11.3. The molecule has 0 aliphatic carbocycles. The average molecular weight is 304 g/mol. The molecule has 0 atom stereocenters. The number of rotatable bonds is 3. The standard InChI is InChI=1S/C17H16N6/c1-3-13-16-12(14-6-4-5-7-18-14)8-15(20-17(16)22-21-13)11-9-19-23(2)10-11/h4-10H,3H2,1-2H3,(H,20,21,22). The molecule has 23 heavy (non-hydrogen) atoms. The second-order valence-corrected chi connectivity index (χ2v) is 5.43. The quantitative estimate of drug-likeness (QED) is 0.631. The number of pyridine rings is 2. The Morgan fingerprint density at radius 3 is 2.83 bits per heavy atom. The van der Waals surface area contributed by atoms with Gasteiger partial charge in [0.05, 0.1) is 23.0 Å². The molecule has 6 heteroatoms. The summed E-state index contributed by atoms with van der Waals surface area (Å²) in [5.74, 6) is 0. The van der Waals surface area contributed by atoms with Gasteiger partial charge in [0.25, 0.3) is 0 Å². The Labute approximate surface area is 133 Å². The van der Waals surface area contributed by atoms with Crippen LogP contribution >= 0.6 is 0 Å². The van der Waals surface area contributed by atoms with E-state index >= 15 is 0 Å². The number of aromatic amines is 1. The first kappa shape index (κ1) is 13.6. The Morgan fingerprint density at radius 1 is 1.22 bits per heavy atom. The van der Waals surface area contributed by atoms with Gasteiger partial charge in [0.2, 0.25) is 0 Å². The SMILES string of the molecule is CCc1[nH]nc2nc(-c3cnn(C)c3)cc(-c3ccccn3)c12. The van der Waals surface area contributed by atoms with Crippen LogP contribution in [0.1, 0.15) is 12.6 Å². The Balaban J connectivity index is 2.02. The lowest BCUT2D eigenvalue weighted by Gasteiger charge is -2.06. The van der Waals surface area contributed by atoms with Crippen LogP contribution in [0, 0.1) is 0 Å². The lowest BCUT2D eigenvalue weighted by Crippen LogP contribution is -1.91. The van der Waals surface area contributed by atoms with E-state index in [9.17, 15) is 0 Å². The van der Waals surface area contributed by atoms with E-state index in [1.165, 1.54) is 0 Å². The van der Waals surface area contributed by atoms with Crippen LogP contribution in [0.25, 0.3) is 33.5 Å². The summed E-state index contributed by atoms with van der Waals surface area (Å²) in [5, 5.41) is 12.7. The van der Waals surface area contributed by atoms with Crippen LogP contribution < -0.4 is 0 Å². The highest BCUT2D eigenvalue weighted by Crippen LogP contribution is 2.32. The van der Waals surface area contributed by atoms with E-state index in [0.717, 1.165) is 40.0 Å². The summed E-state index contributed by atoms with van der Waals surface area (Å²) in [6, 6.07) is 7.98. The molecular weight excluding hydrogens is 288 g/mol. The van der Waals surface area contributed by atoms with E-state index in [1.54, 1.807) is 10.9 Å². The molecule has 0 saturated carbocycles. The van der Waals surface area contributed by atoms with Crippen molar-refractivity contribution in [2.24, 2.45) is 7.05 Å². The normalized spacial score (nSPS) is 11.2. The molecule has 0 aliphatic heterocycles. The predicted molar refractivity (Wildman–Crippen MR) is 88.7 cm³/mol. The molecule has 0 bridgehead atoms. The third kappa shape index (κ3) is 2.28. The lowest BCUT2D eigenvalue weighted by atomic mass is 10.0. The summed E-state index contributed by atoms with van der Waals surface area (Å²) in [5.41, 5.74) is 5.56. The molecule has 1 N–H and O–H groups in total. The van der Waals surface area contributed by atoms with Gasteiger partial charge in [0.1, 0.15) is 0 Å². The Morgan fingerprint density at radius 2 is 2.13 bits per heavy atom. The van der Waals surface area contributed by atoms with Crippen molar-refractivity contribution in [1.29, 1.82) is 0 Å². The molecule has 0 aliphatic rings. The van der Waals surface area contributed by atoms with Gasteiger partial charge in [-0.15, -0.1) is 0 Å². The van der Waals surface area contributed by atoms with E-state index < -0.39 is 0 Å². The molecule has 0 saturated heterocycles. The van der Waals surface area contributed by atoms with Crippen LogP contribution in [0.2, 0.25) is 0 Å². The van der Waals surface area contributed by atoms with Gasteiger partial charge in [-0.3, -0.25) is 14.8 Å². The predicted octanol–water partition coefficient (Wildman–Crippen LogP) is 2.98. The maximum absolute atomic E-state index is 4.69. The van der Waals surface area contributed by atoms with Crippen molar-refractivity contribution < 1.29 is 0 Å². The third-order valence-corrected chi connectivity index (χ3v) is 3.89. The monoisotopic (exact) mass is 304 g/mol. The zero-order valence-corrected chi connectivity index (χ0v) is 13.0. The number of nitrogens with zero attached hydrogens (tertiary/aromatic N) is 5. The fourth-order valence-electron chi connectivity index (χ4n) is 2.77. The van der Waals surface area contributed by atoms with Gasteiger partial charge >= 0.3 is 0 Å². The molecule has 0 spiro atoms. The maximum atomic E-state index is 4.69. The molecule has 0 amide bonds. The fraction of sp³-hybridized carbons (Fsp3) is 0.176. The number of fused-ring (bicyclic) bond motifs is 1. The van der Waals surface area contributed by atoms with Gasteiger partial charge in [-0.1, -0.05) is 13.0 Å². The van der Waals surface area contributed by atoms with E-state index in [4.69, 9.17) is 4.98 Å². The van der Waals surface area contributed by atoms with Gasteiger partial charge in [0, 0.05) is 36.3 Å². The minimum atomic E-state index is 0.712. The van der Waals surface area contributed by atoms with E-state index in [-0.39, 0.29) is 0 Å². The summed E-state index contributed by atoms with van der Waals surface area (Å²) in [4.78, 5) is 9.19. The van der Waals surface area contributed by atoms with Crippen LogP contribution in [0.15, 0.2) is 42.9 Å². The van der Waals surface area contributed by atoms with Gasteiger partial charge in [-0.2, -0.15) is 10.2 Å². The Hall–Kier alpha value is -3.02. The number of hydrogen-bond acceptors (Lipinski definition) is 4. The molecule has 4 heterocycles. The van der Waals surface area contributed by atoms with Crippen molar-refractivity contribution in [1.82, 2.24) is 29.9 Å². The zero-order chi connectivity index (χ0) is 15.8. The molecule has 114 valence electrons. The van der Waals surface area contributed by atoms with Crippen LogP contribution in [0.5, 0.6) is 0 Å². The van der Waals surface area contributed by atoms with Crippen LogP contribution in [0.4, 0.5) is 0 Å². The van der Waals surface area contributed by atoms with Gasteiger partial charge in [-0.25, -0.2) is 4.98 Å². The molecule has 0 aromatic carbocycles.